The van der Waals surface area contributed by atoms with Gasteiger partial charge in [0.2, 0.25) is 5.91 Å². The van der Waals surface area contributed by atoms with Crippen LogP contribution in [0.3, 0.4) is 0 Å². The van der Waals surface area contributed by atoms with Crippen LogP contribution in [0.5, 0.6) is 0 Å². The van der Waals surface area contributed by atoms with Gasteiger partial charge in [-0.05, 0) is 11.8 Å². The average Bonchev–Trinajstić information content (AvgIpc) is 2.82. The van der Waals surface area contributed by atoms with E-state index in [1.54, 1.807) is 10.7 Å². The van der Waals surface area contributed by atoms with Crippen molar-refractivity contribution in [2.45, 2.75) is 39.7 Å². The highest BCUT2D eigenvalue weighted by molar-refractivity contribution is 5.83. The third-order valence-electron chi connectivity index (χ3n) is 3.25. The molecule has 1 amide bonds. The van der Waals surface area contributed by atoms with E-state index in [9.17, 15) is 4.79 Å². The maximum Gasteiger partial charge on any atom is 0.240 e. The summed E-state index contributed by atoms with van der Waals surface area (Å²) in [7, 11) is 0. The first kappa shape index (κ1) is 14.3. The fraction of sp³-hybridized carbons (Fsp3) is 0.500. The lowest BCUT2D eigenvalue weighted by atomic mass is 10.0. The van der Waals surface area contributed by atoms with E-state index in [1.165, 1.54) is 0 Å². The monoisotopic (exact) mass is 275 g/mol. The number of carbonyl (C=O) groups excluding carboxylic acids is 1. The van der Waals surface area contributed by atoms with Gasteiger partial charge in [0.1, 0.15) is 11.9 Å². The highest BCUT2D eigenvalue weighted by Crippen LogP contribution is 2.20. The summed E-state index contributed by atoms with van der Waals surface area (Å²) < 4.78 is 1.68. The molecule has 0 bridgehead atoms. The summed E-state index contributed by atoms with van der Waals surface area (Å²) in [6.07, 6.45) is 1.69. The summed E-state index contributed by atoms with van der Waals surface area (Å²) in [5.74, 6) is 0.750. The number of hydrogen-bond donors (Lipinski definition) is 2. The van der Waals surface area contributed by atoms with Crippen molar-refractivity contribution in [1.29, 1.82) is 0 Å². The van der Waals surface area contributed by atoms with Crippen molar-refractivity contribution in [3.8, 4) is 0 Å². The van der Waals surface area contributed by atoms with Crippen molar-refractivity contribution in [1.82, 2.24) is 14.6 Å². The van der Waals surface area contributed by atoms with Gasteiger partial charge in [-0.25, -0.2) is 4.98 Å². The van der Waals surface area contributed by atoms with Gasteiger partial charge in [-0.15, -0.1) is 0 Å². The minimum absolute atomic E-state index is 0.0915. The number of primary amides is 1. The number of hydrogen-bond acceptors (Lipinski definition) is 4. The molecule has 2 rings (SSSR count). The van der Waals surface area contributed by atoms with E-state index in [0.717, 1.165) is 17.2 Å². The van der Waals surface area contributed by atoms with Gasteiger partial charge in [0, 0.05) is 17.8 Å². The molecule has 0 aliphatic rings. The normalized spacial score (nSPS) is 13.1. The summed E-state index contributed by atoms with van der Waals surface area (Å²) in [6, 6.07) is 3.32. The van der Waals surface area contributed by atoms with Crippen LogP contribution < -0.4 is 11.1 Å². The Morgan fingerprint density at radius 1 is 1.35 bits per heavy atom. The molecular formula is C14H21N5O. The van der Waals surface area contributed by atoms with Crippen LogP contribution in [0, 0.1) is 5.92 Å². The lowest BCUT2D eigenvalue weighted by Crippen LogP contribution is -2.40. The lowest BCUT2D eigenvalue weighted by Gasteiger charge is -2.21. The highest BCUT2D eigenvalue weighted by Gasteiger charge is 2.21. The largest absolute Gasteiger partial charge is 0.368 e. The van der Waals surface area contributed by atoms with E-state index in [1.807, 2.05) is 26.0 Å². The van der Waals surface area contributed by atoms with Gasteiger partial charge in [-0.3, -0.25) is 4.79 Å². The first-order valence-corrected chi connectivity index (χ1v) is 6.80. The number of rotatable bonds is 5. The molecule has 0 spiro atoms. The molecule has 0 saturated carbocycles. The molecular weight excluding hydrogens is 254 g/mol. The molecule has 1 atom stereocenters. The van der Waals surface area contributed by atoms with Gasteiger partial charge in [-0.2, -0.15) is 9.61 Å². The SMILES string of the molecule is CC(C)c1cc(N[C@H](C(N)=O)C(C)C)n2nccc2n1. The fourth-order valence-electron chi connectivity index (χ4n) is 2.06. The van der Waals surface area contributed by atoms with Crippen LogP contribution in [0.1, 0.15) is 39.3 Å². The zero-order valence-electron chi connectivity index (χ0n) is 12.3. The van der Waals surface area contributed by atoms with Crippen LogP contribution in [0.4, 0.5) is 5.82 Å². The minimum atomic E-state index is -0.440. The summed E-state index contributed by atoms with van der Waals surface area (Å²) in [4.78, 5) is 16.1. The average molecular weight is 275 g/mol. The Labute approximate surface area is 118 Å². The van der Waals surface area contributed by atoms with Crippen molar-refractivity contribution in [3.05, 3.63) is 24.0 Å². The van der Waals surface area contributed by atoms with Crippen LogP contribution in [-0.2, 0) is 4.79 Å². The minimum Gasteiger partial charge on any atom is -0.368 e. The molecule has 0 saturated heterocycles. The second kappa shape index (κ2) is 5.48. The van der Waals surface area contributed by atoms with E-state index in [4.69, 9.17) is 5.73 Å². The summed E-state index contributed by atoms with van der Waals surface area (Å²) >= 11 is 0. The number of carbonyl (C=O) groups is 1. The Morgan fingerprint density at radius 3 is 2.60 bits per heavy atom. The van der Waals surface area contributed by atoms with Gasteiger partial charge >= 0.3 is 0 Å². The molecule has 0 aromatic carbocycles. The predicted octanol–water partition coefficient (Wildman–Crippen LogP) is 1.77. The van der Waals surface area contributed by atoms with Crippen molar-refractivity contribution in [2.75, 3.05) is 5.32 Å². The Balaban J connectivity index is 2.46. The number of nitrogens with one attached hydrogen (secondary N) is 1. The summed E-state index contributed by atoms with van der Waals surface area (Å²) in [5, 5.41) is 7.42. The molecule has 0 aliphatic heterocycles. The zero-order chi connectivity index (χ0) is 14.9. The molecule has 3 N–H and O–H groups in total. The van der Waals surface area contributed by atoms with E-state index in [2.05, 4.69) is 29.2 Å². The standard InChI is InChI=1S/C14H21N5O/c1-8(2)10-7-12(18-13(9(3)4)14(15)20)19-11(17-10)5-6-16-19/h5-9,13,18H,1-4H3,(H2,15,20)/t13-/m0/s1. The Morgan fingerprint density at radius 2 is 2.05 bits per heavy atom. The van der Waals surface area contributed by atoms with Crippen LogP contribution in [-0.4, -0.2) is 26.5 Å². The molecule has 108 valence electrons. The van der Waals surface area contributed by atoms with Crippen LogP contribution in [0.15, 0.2) is 18.3 Å². The number of nitrogens with two attached hydrogens (primary N) is 1. The topological polar surface area (TPSA) is 85.3 Å². The summed E-state index contributed by atoms with van der Waals surface area (Å²) in [5.41, 5.74) is 7.16. The van der Waals surface area contributed by atoms with Gasteiger partial charge < -0.3 is 11.1 Å². The lowest BCUT2D eigenvalue weighted by molar-refractivity contribution is -0.119. The third-order valence-corrected chi connectivity index (χ3v) is 3.25. The first-order chi connectivity index (χ1) is 9.40. The number of aromatic nitrogens is 3. The second-order valence-corrected chi connectivity index (χ2v) is 5.59. The fourth-order valence-corrected chi connectivity index (χ4v) is 2.06. The van der Waals surface area contributed by atoms with E-state index >= 15 is 0 Å². The maximum absolute atomic E-state index is 11.6. The smallest absolute Gasteiger partial charge is 0.240 e. The Hall–Kier alpha value is -2.11. The van der Waals surface area contributed by atoms with E-state index in [-0.39, 0.29) is 11.8 Å². The van der Waals surface area contributed by atoms with Gasteiger partial charge in [-0.1, -0.05) is 27.7 Å². The molecule has 0 fully saturated rings. The van der Waals surface area contributed by atoms with E-state index < -0.39 is 6.04 Å². The number of nitrogens with zero attached hydrogens (tertiary/aromatic N) is 3. The van der Waals surface area contributed by atoms with Crippen molar-refractivity contribution in [3.63, 3.8) is 0 Å². The number of anilines is 1. The molecule has 6 nitrogen and oxygen atoms in total. The van der Waals surface area contributed by atoms with Gasteiger partial charge in [0.25, 0.3) is 0 Å². The number of amides is 1. The molecule has 2 aromatic heterocycles. The quantitative estimate of drug-likeness (QED) is 0.871. The van der Waals surface area contributed by atoms with Crippen LogP contribution in [0.2, 0.25) is 0 Å². The molecule has 0 unspecified atom stereocenters. The second-order valence-electron chi connectivity index (χ2n) is 5.59. The third kappa shape index (κ3) is 2.74. The zero-order valence-corrected chi connectivity index (χ0v) is 12.3. The predicted molar refractivity (Wildman–Crippen MR) is 78.5 cm³/mol. The van der Waals surface area contributed by atoms with Gasteiger partial charge in [0.15, 0.2) is 5.65 Å². The van der Waals surface area contributed by atoms with Crippen LogP contribution >= 0.6 is 0 Å². The molecule has 0 aliphatic carbocycles. The summed E-state index contributed by atoms with van der Waals surface area (Å²) in [6.45, 7) is 8.06. The number of fused-ring (bicyclic) bond motifs is 1. The highest BCUT2D eigenvalue weighted by atomic mass is 16.1. The molecule has 2 aromatic rings. The molecule has 2 heterocycles. The van der Waals surface area contributed by atoms with Crippen molar-refractivity contribution < 1.29 is 4.79 Å². The van der Waals surface area contributed by atoms with Gasteiger partial charge in [0.05, 0.1) is 6.20 Å². The first-order valence-electron chi connectivity index (χ1n) is 6.80. The van der Waals surface area contributed by atoms with Crippen molar-refractivity contribution >= 4 is 17.4 Å². The Kier molecular flexibility index (Phi) is 3.92. The molecule has 0 radical (unpaired) electrons. The van der Waals surface area contributed by atoms with E-state index in [0.29, 0.717) is 5.92 Å². The van der Waals surface area contributed by atoms with Crippen molar-refractivity contribution in [2.24, 2.45) is 11.7 Å². The molecule has 6 heteroatoms. The van der Waals surface area contributed by atoms with Crippen LogP contribution in [0.25, 0.3) is 5.65 Å². The Bertz CT molecular complexity index is 617. The molecule has 20 heavy (non-hydrogen) atoms. The maximum atomic E-state index is 11.6.